The molecule has 1 saturated carbocycles. The van der Waals surface area contributed by atoms with E-state index in [1.165, 1.54) is 32.1 Å². The van der Waals surface area contributed by atoms with Gasteiger partial charge in [0.15, 0.2) is 0 Å². The van der Waals surface area contributed by atoms with Crippen LogP contribution in [0.4, 0.5) is 0 Å². The molecule has 0 atom stereocenters. The van der Waals surface area contributed by atoms with Crippen LogP contribution >= 0.6 is 11.6 Å². The van der Waals surface area contributed by atoms with Crippen molar-refractivity contribution in [1.29, 1.82) is 0 Å². The van der Waals surface area contributed by atoms with E-state index >= 15 is 0 Å². The first-order chi connectivity index (χ1) is 11.7. The fraction of sp³-hybridized carbons (Fsp3) is 0.632. The van der Waals surface area contributed by atoms with E-state index in [0.29, 0.717) is 11.4 Å². The molecule has 24 heavy (non-hydrogen) atoms. The number of amides is 1. The summed E-state index contributed by atoms with van der Waals surface area (Å²) < 4.78 is 5.51. The van der Waals surface area contributed by atoms with Crippen molar-refractivity contribution >= 4 is 17.5 Å². The average Bonchev–Trinajstić information content (AvgIpc) is 2.63. The second-order valence-corrected chi connectivity index (χ2v) is 7.34. The molecule has 4 nitrogen and oxygen atoms in total. The molecule has 1 aromatic rings. The number of carbonyl (C=O) groups excluding carboxylic acids is 1. The number of hydrogen-bond donors (Lipinski definition) is 1. The van der Waals surface area contributed by atoms with E-state index in [1.54, 1.807) is 0 Å². The van der Waals surface area contributed by atoms with Gasteiger partial charge in [0.05, 0.1) is 19.6 Å². The maximum Gasteiger partial charge on any atom is 0.224 e. The monoisotopic (exact) mass is 350 g/mol. The van der Waals surface area contributed by atoms with Gasteiger partial charge in [-0.1, -0.05) is 49.1 Å². The molecular formula is C19H27ClN2O2. The Morgan fingerprint density at radius 2 is 1.88 bits per heavy atom. The van der Waals surface area contributed by atoms with Crippen LogP contribution in [0.25, 0.3) is 0 Å². The highest BCUT2D eigenvalue weighted by Crippen LogP contribution is 2.33. The summed E-state index contributed by atoms with van der Waals surface area (Å²) in [6.07, 6.45) is 6.48. The predicted octanol–water partition coefficient (Wildman–Crippen LogP) is 3.03. The lowest BCUT2D eigenvalue weighted by molar-refractivity contribution is -0.121. The molecule has 0 unspecified atom stereocenters. The van der Waals surface area contributed by atoms with E-state index in [9.17, 15) is 4.79 Å². The Labute approximate surface area is 149 Å². The van der Waals surface area contributed by atoms with Crippen LogP contribution < -0.4 is 5.32 Å². The SMILES string of the molecule is O=C(Cc1ccccc1Cl)NCC1(N2CCOCC2)CCCCC1. The molecule has 0 bridgehead atoms. The molecule has 5 heteroatoms. The summed E-state index contributed by atoms with van der Waals surface area (Å²) in [4.78, 5) is 15.0. The maximum atomic E-state index is 12.4. The van der Waals surface area contributed by atoms with Gasteiger partial charge in [0, 0.05) is 30.2 Å². The van der Waals surface area contributed by atoms with Crippen molar-refractivity contribution in [2.45, 2.75) is 44.1 Å². The van der Waals surface area contributed by atoms with Crippen molar-refractivity contribution in [1.82, 2.24) is 10.2 Å². The standard InChI is InChI=1S/C19H27ClN2O2/c20-17-7-3-2-6-16(17)14-18(23)21-15-19(8-4-1-5-9-19)22-10-12-24-13-11-22/h2-3,6-7H,1,4-5,8-15H2,(H,21,23). The summed E-state index contributed by atoms with van der Waals surface area (Å²) in [5.41, 5.74) is 0.999. The first-order valence-corrected chi connectivity index (χ1v) is 9.40. The number of benzene rings is 1. The zero-order chi connectivity index (χ0) is 16.8. The van der Waals surface area contributed by atoms with Crippen LogP contribution in [-0.4, -0.2) is 49.2 Å². The minimum atomic E-state index is 0.0568. The van der Waals surface area contributed by atoms with Crippen molar-refractivity contribution in [3.8, 4) is 0 Å². The predicted molar refractivity (Wildman–Crippen MR) is 96.4 cm³/mol. The molecule has 0 radical (unpaired) electrons. The van der Waals surface area contributed by atoms with E-state index in [0.717, 1.165) is 38.4 Å². The van der Waals surface area contributed by atoms with Crippen LogP contribution in [0.2, 0.25) is 5.02 Å². The fourth-order valence-corrected chi connectivity index (χ4v) is 4.20. The second kappa shape index (κ2) is 8.32. The first-order valence-electron chi connectivity index (χ1n) is 9.03. The number of rotatable bonds is 5. The van der Waals surface area contributed by atoms with E-state index in [1.807, 2.05) is 24.3 Å². The summed E-state index contributed by atoms with van der Waals surface area (Å²) in [5, 5.41) is 3.85. The molecule has 1 saturated heterocycles. The number of halogens is 1. The molecule has 3 rings (SSSR count). The van der Waals surface area contributed by atoms with Gasteiger partial charge in [-0.25, -0.2) is 0 Å². The van der Waals surface area contributed by atoms with Crippen LogP contribution in [0.1, 0.15) is 37.7 Å². The topological polar surface area (TPSA) is 41.6 Å². The zero-order valence-corrected chi connectivity index (χ0v) is 15.0. The third-order valence-corrected chi connectivity index (χ3v) is 5.76. The lowest BCUT2D eigenvalue weighted by Crippen LogP contribution is -2.59. The van der Waals surface area contributed by atoms with E-state index in [-0.39, 0.29) is 11.4 Å². The highest BCUT2D eigenvalue weighted by Gasteiger charge is 2.38. The van der Waals surface area contributed by atoms with Crippen molar-refractivity contribution in [2.24, 2.45) is 0 Å². The Morgan fingerprint density at radius 3 is 2.58 bits per heavy atom. The smallest absolute Gasteiger partial charge is 0.224 e. The minimum Gasteiger partial charge on any atom is -0.379 e. The lowest BCUT2D eigenvalue weighted by atomic mass is 9.79. The molecule has 1 aromatic carbocycles. The van der Waals surface area contributed by atoms with Gasteiger partial charge in [0.25, 0.3) is 0 Å². The molecule has 0 aromatic heterocycles. The van der Waals surface area contributed by atoms with Gasteiger partial charge >= 0.3 is 0 Å². The van der Waals surface area contributed by atoms with Crippen molar-refractivity contribution in [3.05, 3.63) is 34.9 Å². The van der Waals surface area contributed by atoms with Gasteiger partial charge in [0.2, 0.25) is 5.91 Å². The van der Waals surface area contributed by atoms with Gasteiger partial charge in [-0.2, -0.15) is 0 Å². The Hall–Kier alpha value is -1.10. The first kappa shape index (κ1) is 17.7. The van der Waals surface area contributed by atoms with Crippen LogP contribution in [0.5, 0.6) is 0 Å². The molecule has 2 fully saturated rings. The molecule has 2 aliphatic rings. The molecular weight excluding hydrogens is 324 g/mol. The summed E-state index contributed by atoms with van der Waals surface area (Å²) in [6, 6.07) is 7.56. The third kappa shape index (κ3) is 4.29. The van der Waals surface area contributed by atoms with Crippen molar-refractivity contribution in [3.63, 3.8) is 0 Å². The van der Waals surface area contributed by atoms with Crippen LogP contribution in [0, 0.1) is 0 Å². The summed E-state index contributed by atoms with van der Waals surface area (Å²) in [7, 11) is 0. The van der Waals surface area contributed by atoms with Crippen LogP contribution in [-0.2, 0) is 16.0 Å². The minimum absolute atomic E-state index is 0.0568. The van der Waals surface area contributed by atoms with E-state index < -0.39 is 0 Å². The quantitative estimate of drug-likeness (QED) is 0.887. The van der Waals surface area contributed by atoms with Gasteiger partial charge in [-0.3, -0.25) is 9.69 Å². The highest BCUT2D eigenvalue weighted by atomic mass is 35.5. The lowest BCUT2D eigenvalue weighted by Gasteiger charge is -2.48. The highest BCUT2D eigenvalue weighted by molar-refractivity contribution is 6.31. The van der Waals surface area contributed by atoms with Gasteiger partial charge in [-0.05, 0) is 24.5 Å². The van der Waals surface area contributed by atoms with Gasteiger partial charge in [-0.15, -0.1) is 0 Å². The number of nitrogens with one attached hydrogen (secondary N) is 1. The Kier molecular flexibility index (Phi) is 6.14. The number of carbonyl (C=O) groups is 1. The molecule has 0 spiro atoms. The Balaban J connectivity index is 1.60. The van der Waals surface area contributed by atoms with Crippen LogP contribution in [0.15, 0.2) is 24.3 Å². The molecule has 1 aliphatic heterocycles. The van der Waals surface area contributed by atoms with Gasteiger partial charge in [0.1, 0.15) is 0 Å². The van der Waals surface area contributed by atoms with Crippen molar-refractivity contribution in [2.75, 3.05) is 32.8 Å². The maximum absolute atomic E-state index is 12.4. The van der Waals surface area contributed by atoms with Gasteiger partial charge < -0.3 is 10.1 Å². The van der Waals surface area contributed by atoms with E-state index in [2.05, 4.69) is 10.2 Å². The number of nitrogens with zero attached hydrogens (tertiary/aromatic N) is 1. The van der Waals surface area contributed by atoms with Crippen LogP contribution in [0.3, 0.4) is 0 Å². The second-order valence-electron chi connectivity index (χ2n) is 6.93. The van der Waals surface area contributed by atoms with E-state index in [4.69, 9.17) is 16.3 Å². The van der Waals surface area contributed by atoms with Crippen molar-refractivity contribution < 1.29 is 9.53 Å². The normalized spacial score (nSPS) is 21.4. The summed E-state index contributed by atoms with van der Waals surface area (Å²) >= 11 is 6.16. The Morgan fingerprint density at radius 1 is 1.17 bits per heavy atom. The average molecular weight is 351 g/mol. The molecule has 1 amide bonds. The summed E-state index contributed by atoms with van der Waals surface area (Å²) in [6.45, 7) is 4.28. The fourth-order valence-electron chi connectivity index (χ4n) is 3.99. The number of hydrogen-bond acceptors (Lipinski definition) is 3. The zero-order valence-electron chi connectivity index (χ0n) is 14.2. The largest absolute Gasteiger partial charge is 0.379 e. The number of ether oxygens (including phenoxy) is 1. The molecule has 1 heterocycles. The number of morpholine rings is 1. The Bertz CT molecular complexity index is 552. The third-order valence-electron chi connectivity index (χ3n) is 5.39. The molecule has 132 valence electrons. The summed E-state index contributed by atoms with van der Waals surface area (Å²) in [5.74, 6) is 0.0568. The molecule has 1 N–H and O–H groups in total. The molecule has 1 aliphatic carbocycles.